The number of allylic oxidation sites excluding steroid dienone is 4. The molecule has 0 bridgehead atoms. The third-order valence-corrected chi connectivity index (χ3v) is 6.24. The lowest BCUT2D eigenvalue weighted by Crippen LogP contribution is -2.53. The lowest BCUT2D eigenvalue weighted by atomic mass is 9.98. The Morgan fingerprint density at radius 3 is 2.63 bits per heavy atom. The van der Waals surface area contributed by atoms with Crippen molar-refractivity contribution < 1.29 is 19.4 Å². The van der Waals surface area contributed by atoms with Crippen LogP contribution in [0.15, 0.2) is 90.6 Å². The normalized spacial score (nSPS) is 20.2. The highest BCUT2D eigenvalue weighted by Gasteiger charge is 2.42. The van der Waals surface area contributed by atoms with Gasteiger partial charge in [0.15, 0.2) is 0 Å². The van der Waals surface area contributed by atoms with Crippen LogP contribution in [-0.4, -0.2) is 52.8 Å². The van der Waals surface area contributed by atoms with Crippen LogP contribution in [0.4, 0.5) is 4.79 Å². The summed E-state index contributed by atoms with van der Waals surface area (Å²) in [7, 11) is 1.70. The van der Waals surface area contributed by atoms with Crippen LogP contribution in [0.25, 0.3) is 0 Å². The molecule has 1 heterocycles. The molecule has 2 aromatic rings. The van der Waals surface area contributed by atoms with E-state index in [2.05, 4.69) is 17.5 Å². The molecule has 182 valence electrons. The van der Waals surface area contributed by atoms with Gasteiger partial charge in [0.1, 0.15) is 18.5 Å². The van der Waals surface area contributed by atoms with Crippen molar-refractivity contribution in [1.82, 2.24) is 15.1 Å². The maximum atomic E-state index is 13.5. The molecule has 1 saturated heterocycles. The van der Waals surface area contributed by atoms with Crippen LogP contribution in [0.2, 0.25) is 0 Å². The predicted octanol–water partition coefficient (Wildman–Crippen LogP) is 4.29. The molecule has 0 aromatic heterocycles. The molecule has 0 radical (unpaired) electrons. The molecule has 1 fully saturated rings. The first kappa shape index (κ1) is 24.3. The van der Waals surface area contributed by atoms with Crippen LogP contribution in [-0.2, 0) is 16.1 Å². The SMILES string of the molecule is C[C@H]1OCN(C(=O)NC(C2=CC=CCC=C2)c2ccccc2)[C@H]1C(=O)N(C)Cc1ccc(O)cc1. The smallest absolute Gasteiger partial charge is 0.320 e. The van der Waals surface area contributed by atoms with Crippen molar-refractivity contribution in [2.75, 3.05) is 13.8 Å². The summed E-state index contributed by atoms with van der Waals surface area (Å²) in [5.74, 6) is -0.0310. The Labute approximate surface area is 206 Å². The second kappa shape index (κ2) is 11.1. The lowest BCUT2D eigenvalue weighted by molar-refractivity contribution is -0.135. The van der Waals surface area contributed by atoms with Crippen LogP contribution in [0.3, 0.4) is 0 Å². The van der Waals surface area contributed by atoms with E-state index in [1.807, 2.05) is 48.6 Å². The number of ether oxygens (including phenoxy) is 1. The van der Waals surface area contributed by atoms with Crippen LogP contribution >= 0.6 is 0 Å². The molecule has 4 rings (SSSR count). The first-order chi connectivity index (χ1) is 16.9. The highest BCUT2D eigenvalue weighted by atomic mass is 16.5. The highest BCUT2D eigenvalue weighted by molar-refractivity contribution is 5.88. The van der Waals surface area contributed by atoms with Gasteiger partial charge in [0, 0.05) is 13.6 Å². The molecule has 3 amide bonds. The van der Waals surface area contributed by atoms with Crippen molar-refractivity contribution in [3.8, 4) is 5.75 Å². The zero-order chi connectivity index (χ0) is 24.8. The van der Waals surface area contributed by atoms with Crippen molar-refractivity contribution in [3.63, 3.8) is 0 Å². The molecule has 1 aliphatic carbocycles. The fourth-order valence-corrected chi connectivity index (χ4v) is 4.32. The van der Waals surface area contributed by atoms with Gasteiger partial charge in [-0.1, -0.05) is 72.8 Å². The fourth-order valence-electron chi connectivity index (χ4n) is 4.32. The summed E-state index contributed by atoms with van der Waals surface area (Å²) >= 11 is 0. The number of phenolic OH excluding ortho intramolecular Hbond substituents is 1. The summed E-state index contributed by atoms with van der Waals surface area (Å²) in [6.07, 6.45) is 10.5. The molecule has 35 heavy (non-hydrogen) atoms. The van der Waals surface area contributed by atoms with E-state index >= 15 is 0 Å². The molecule has 0 spiro atoms. The Morgan fingerprint density at radius 2 is 1.89 bits per heavy atom. The molecule has 1 unspecified atom stereocenters. The van der Waals surface area contributed by atoms with Crippen molar-refractivity contribution in [2.24, 2.45) is 0 Å². The summed E-state index contributed by atoms with van der Waals surface area (Å²) in [6, 6.07) is 15.0. The van der Waals surface area contributed by atoms with Crippen LogP contribution < -0.4 is 5.32 Å². The summed E-state index contributed by atoms with van der Waals surface area (Å²) in [6.45, 7) is 2.20. The fraction of sp³-hybridized carbons (Fsp3) is 0.286. The number of nitrogens with one attached hydrogen (secondary N) is 1. The molecule has 0 saturated carbocycles. The van der Waals surface area contributed by atoms with Crippen molar-refractivity contribution in [1.29, 1.82) is 0 Å². The number of rotatable bonds is 6. The maximum absolute atomic E-state index is 13.5. The van der Waals surface area contributed by atoms with E-state index in [1.165, 1.54) is 4.90 Å². The van der Waals surface area contributed by atoms with Gasteiger partial charge in [0.05, 0.1) is 12.1 Å². The van der Waals surface area contributed by atoms with Gasteiger partial charge in [-0.3, -0.25) is 9.69 Å². The van der Waals surface area contributed by atoms with E-state index in [1.54, 1.807) is 43.1 Å². The Hall–Kier alpha value is -3.84. The highest BCUT2D eigenvalue weighted by Crippen LogP contribution is 2.27. The van der Waals surface area contributed by atoms with Gasteiger partial charge in [-0.05, 0) is 42.2 Å². The number of hydrogen-bond acceptors (Lipinski definition) is 4. The lowest BCUT2D eigenvalue weighted by Gasteiger charge is -2.30. The minimum absolute atomic E-state index is 0.0345. The van der Waals surface area contributed by atoms with E-state index in [4.69, 9.17) is 4.74 Å². The number of carbonyl (C=O) groups is 2. The first-order valence-corrected chi connectivity index (χ1v) is 11.7. The summed E-state index contributed by atoms with van der Waals surface area (Å²) < 4.78 is 5.73. The first-order valence-electron chi connectivity index (χ1n) is 11.7. The summed E-state index contributed by atoms with van der Waals surface area (Å²) in [5.41, 5.74) is 2.79. The van der Waals surface area contributed by atoms with E-state index in [-0.39, 0.29) is 30.5 Å². The number of phenols is 1. The third-order valence-electron chi connectivity index (χ3n) is 6.24. The number of benzene rings is 2. The Kier molecular flexibility index (Phi) is 7.67. The number of nitrogens with zero attached hydrogens (tertiary/aromatic N) is 2. The Balaban J connectivity index is 1.52. The number of likely N-dealkylation sites (N-methyl/N-ethyl adjacent to an activating group) is 1. The van der Waals surface area contributed by atoms with Crippen molar-refractivity contribution in [3.05, 3.63) is 102 Å². The second-order valence-corrected chi connectivity index (χ2v) is 8.80. The van der Waals surface area contributed by atoms with Crippen molar-refractivity contribution in [2.45, 2.75) is 38.1 Å². The van der Waals surface area contributed by atoms with Gasteiger partial charge in [-0.25, -0.2) is 4.79 Å². The van der Waals surface area contributed by atoms with Gasteiger partial charge in [-0.15, -0.1) is 0 Å². The average molecular weight is 474 g/mol. The third kappa shape index (κ3) is 5.81. The molecular weight excluding hydrogens is 442 g/mol. The van der Waals surface area contributed by atoms with Crippen molar-refractivity contribution >= 4 is 11.9 Å². The number of aromatic hydroxyl groups is 1. The molecule has 2 aliphatic rings. The molecule has 3 atom stereocenters. The van der Waals surface area contributed by atoms with Gasteiger partial charge in [0.2, 0.25) is 5.91 Å². The number of hydrogen-bond donors (Lipinski definition) is 2. The van der Waals surface area contributed by atoms with Gasteiger partial charge >= 0.3 is 6.03 Å². The van der Waals surface area contributed by atoms with Gasteiger partial charge in [0.25, 0.3) is 0 Å². The van der Waals surface area contributed by atoms with E-state index < -0.39 is 12.1 Å². The maximum Gasteiger partial charge on any atom is 0.320 e. The van der Waals surface area contributed by atoms with E-state index in [0.29, 0.717) is 6.54 Å². The predicted molar refractivity (Wildman–Crippen MR) is 134 cm³/mol. The van der Waals surface area contributed by atoms with E-state index in [9.17, 15) is 14.7 Å². The Morgan fingerprint density at radius 1 is 1.14 bits per heavy atom. The number of amides is 3. The van der Waals surface area contributed by atoms with Gasteiger partial charge < -0.3 is 20.1 Å². The summed E-state index contributed by atoms with van der Waals surface area (Å²) in [4.78, 5) is 29.9. The molecule has 2 N–H and O–H groups in total. The minimum Gasteiger partial charge on any atom is -0.508 e. The zero-order valence-corrected chi connectivity index (χ0v) is 20.0. The molecule has 1 aliphatic heterocycles. The van der Waals surface area contributed by atoms with Gasteiger partial charge in [-0.2, -0.15) is 0 Å². The topological polar surface area (TPSA) is 82.1 Å². The molecular formula is C28H31N3O4. The summed E-state index contributed by atoms with van der Waals surface area (Å²) in [5, 5.41) is 12.6. The second-order valence-electron chi connectivity index (χ2n) is 8.80. The quantitative estimate of drug-likeness (QED) is 0.656. The van der Waals surface area contributed by atoms with Crippen LogP contribution in [0.1, 0.15) is 30.5 Å². The zero-order valence-electron chi connectivity index (χ0n) is 20.0. The molecule has 7 heteroatoms. The van der Waals surface area contributed by atoms with E-state index in [0.717, 1.165) is 23.1 Å². The molecule has 7 nitrogen and oxygen atoms in total. The standard InChI is InChI=1S/C28H31N3O4/c1-20-26(27(33)30(2)18-21-14-16-24(32)17-15-21)31(19-35-20)28(34)29-25(23-12-8-5-9-13-23)22-10-6-3-4-7-11-22/h3,5-17,20,25-26,32H,4,18-19H2,1-2H3,(H,29,34)/t20-,25?,26-/m1/s1. The minimum atomic E-state index is -0.743. The monoisotopic (exact) mass is 473 g/mol. The molecule has 2 aromatic carbocycles. The Bertz CT molecular complexity index is 1120. The number of carbonyl (C=O) groups excluding carboxylic acids is 2. The number of urea groups is 1. The van der Waals surface area contributed by atoms with Crippen LogP contribution in [0.5, 0.6) is 5.75 Å². The largest absolute Gasteiger partial charge is 0.508 e. The average Bonchev–Trinajstić information content (AvgIpc) is 3.06. The van der Waals surface area contributed by atoms with Crippen LogP contribution in [0, 0.1) is 0 Å².